The van der Waals surface area contributed by atoms with Crippen LogP contribution in [0.15, 0.2) is 23.4 Å². The van der Waals surface area contributed by atoms with Crippen molar-refractivity contribution in [3.8, 4) is 5.69 Å². The Morgan fingerprint density at radius 1 is 1.21 bits per heavy atom. The number of thioether (sulfide) groups is 1. The van der Waals surface area contributed by atoms with Gasteiger partial charge < -0.3 is 5.32 Å². The maximum Gasteiger partial charge on any atom is 0.321 e. The van der Waals surface area contributed by atoms with Crippen LogP contribution in [0.3, 0.4) is 0 Å². The first-order valence-corrected chi connectivity index (χ1v) is 10.5. The molecule has 1 heterocycles. The van der Waals surface area contributed by atoms with Gasteiger partial charge in [-0.25, -0.2) is 4.79 Å². The van der Waals surface area contributed by atoms with Crippen molar-refractivity contribution >= 4 is 23.7 Å². The smallest absolute Gasteiger partial charge is 0.321 e. The fourth-order valence-corrected chi connectivity index (χ4v) is 4.14. The van der Waals surface area contributed by atoms with Crippen molar-refractivity contribution in [1.29, 1.82) is 0 Å². The normalized spacial score (nSPS) is 15.8. The molecule has 0 aliphatic heterocycles. The second kappa shape index (κ2) is 9.18. The van der Waals surface area contributed by atoms with E-state index < -0.39 is 11.3 Å². The zero-order chi connectivity index (χ0) is 20.1. The minimum Gasteiger partial charge on any atom is -0.335 e. The Kier molecular flexibility index (Phi) is 6.66. The molecule has 2 aromatic rings. The zero-order valence-electron chi connectivity index (χ0n) is 16.4. The SMILES string of the molecule is Cc1ccc(-n2nnnc2S[C@H](C)C(=O)NC(=O)NC2CCCCC2)c(C)c1. The van der Waals surface area contributed by atoms with Gasteiger partial charge >= 0.3 is 6.03 Å². The third-order valence-electron chi connectivity index (χ3n) is 4.85. The molecule has 1 atom stereocenters. The second-order valence-electron chi connectivity index (χ2n) is 7.22. The first-order chi connectivity index (χ1) is 13.4. The highest BCUT2D eigenvalue weighted by Crippen LogP contribution is 2.25. The second-order valence-corrected chi connectivity index (χ2v) is 8.53. The lowest BCUT2D eigenvalue weighted by molar-refractivity contribution is -0.119. The summed E-state index contributed by atoms with van der Waals surface area (Å²) < 4.78 is 1.62. The standard InChI is InChI=1S/C19H26N6O2S/c1-12-9-10-16(13(2)11-12)25-19(22-23-24-25)28-14(3)17(26)21-18(27)20-15-7-5-4-6-8-15/h9-11,14-15H,4-8H2,1-3H3,(H2,20,21,26,27)/t14-/m1/s1. The highest BCUT2D eigenvalue weighted by Gasteiger charge is 2.23. The third kappa shape index (κ3) is 5.09. The molecule has 2 N–H and O–H groups in total. The molecular formula is C19H26N6O2S. The maximum absolute atomic E-state index is 12.4. The van der Waals surface area contributed by atoms with Crippen molar-refractivity contribution in [3.05, 3.63) is 29.3 Å². The summed E-state index contributed by atoms with van der Waals surface area (Å²) in [6, 6.07) is 5.72. The number of benzene rings is 1. The molecule has 9 heteroatoms. The summed E-state index contributed by atoms with van der Waals surface area (Å²) in [6.07, 6.45) is 5.38. The van der Waals surface area contributed by atoms with E-state index in [2.05, 4.69) is 32.2 Å². The molecule has 1 saturated carbocycles. The van der Waals surface area contributed by atoms with Gasteiger partial charge in [-0.05, 0) is 55.7 Å². The van der Waals surface area contributed by atoms with Crippen LogP contribution in [-0.4, -0.2) is 43.4 Å². The Balaban J connectivity index is 1.60. The summed E-state index contributed by atoms with van der Waals surface area (Å²) in [6.45, 7) is 5.75. The lowest BCUT2D eigenvalue weighted by Crippen LogP contribution is -2.47. The number of amides is 3. The van der Waals surface area contributed by atoms with Crippen LogP contribution in [0.4, 0.5) is 4.79 Å². The van der Waals surface area contributed by atoms with Crippen molar-refractivity contribution in [2.75, 3.05) is 0 Å². The van der Waals surface area contributed by atoms with Crippen LogP contribution in [0, 0.1) is 13.8 Å². The van der Waals surface area contributed by atoms with E-state index in [1.807, 2.05) is 26.0 Å². The Morgan fingerprint density at radius 3 is 2.68 bits per heavy atom. The third-order valence-corrected chi connectivity index (χ3v) is 5.88. The van der Waals surface area contributed by atoms with Gasteiger partial charge in [-0.1, -0.05) is 48.7 Å². The average molecular weight is 403 g/mol. The number of hydrogen-bond acceptors (Lipinski definition) is 6. The summed E-state index contributed by atoms with van der Waals surface area (Å²) in [5.74, 6) is -0.367. The molecule has 1 aliphatic carbocycles. The minimum atomic E-state index is -0.521. The number of hydrogen-bond donors (Lipinski definition) is 2. The molecule has 1 aliphatic rings. The summed E-state index contributed by atoms with van der Waals surface area (Å²) in [5, 5.41) is 17.1. The number of carbonyl (C=O) groups excluding carboxylic acids is 2. The van der Waals surface area contributed by atoms with E-state index in [4.69, 9.17) is 0 Å². The molecule has 0 bridgehead atoms. The number of carbonyl (C=O) groups is 2. The van der Waals surface area contributed by atoms with Gasteiger partial charge in [0, 0.05) is 6.04 Å². The number of rotatable bonds is 5. The van der Waals surface area contributed by atoms with Crippen LogP contribution >= 0.6 is 11.8 Å². The average Bonchev–Trinajstić information content (AvgIpc) is 3.10. The highest BCUT2D eigenvalue weighted by molar-refractivity contribution is 8.00. The van der Waals surface area contributed by atoms with E-state index in [9.17, 15) is 9.59 Å². The summed E-state index contributed by atoms with van der Waals surface area (Å²) in [5.41, 5.74) is 3.05. The predicted molar refractivity (Wildman–Crippen MR) is 107 cm³/mol. The van der Waals surface area contributed by atoms with Crippen molar-refractivity contribution in [3.63, 3.8) is 0 Å². The lowest BCUT2D eigenvalue weighted by atomic mass is 9.96. The highest BCUT2D eigenvalue weighted by atomic mass is 32.2. The number of urea groups is 1. The van der Waals surface area contributed by atoms with Crippen LogP contribution in [0.5, 0.6) is 0 Å². The van der Waals surface area contributed by atoms with E-state index >= 15 is 0 Å². The monoisotopic (exact) mass is 402 g/mol. The lowest BCUT2D eigenvalue weighted by Gasteiger charge is -2.23. The van der Waals surface area contributed by atoms with E-state index in [-0.39, 0.29) is 11.9 Å². The Hall–Kier alpha value is -2.42. The molecule has 1 aromatic carbocycles. The number of aromatic nitrogens is 4. The van der Waals surface area contributed by atoms with Gasteiger partial charge in [-0.2, -0.15) is 4.68 Å². The first kappa shape index (κ1) is 20.3. The van der Waals surface area contributed by atoms with Crippen LogP contribution in [-0.2, 0) is 4.79 Å². The van der Waals surface area contributed by atoms with Crippen LogP contribution in [0.25, 0.3) is 5.69 Å². The summed E-state index contributed by atoms with van der Waals surface area (Å²) in [7, 11) is 0. The number of aryl methyl sites for hydroxylation is 2. The van der Waals surface area contributed by atoms with Crippen molar-refractivity contribution in [2.45, 2.75) is 69.3 Å². The zero-order valence-corrected chi connectivity index (χ0v) is 17.3. The summed E-state index contributed by atoms with van der Waals surface area (Å²) >= 11 is 1.22. The molecule has 3 amide bonds. The number of nitrogens with one attached hydrogen (secondary N) is 2. The molecule has 8 nitrogen and oxygen atoms in total. The van der Waals surface area contributed by atoms with Crippen molar-refractivity contribution in [2.24, 2.45) is 0 Å². The molecule has 0 saturated heterocycles. The van der Waals surface area contributed by atoms with Gasteiger partial charge in [0.05, 0.1) is 10.9 Å². The maximum atomic E-state index is 12.4. The Labute approximate surface area is 168 Å². The quantitative estimate of drug-likeness (QED) is 0.746. The topological polar surface area (TPSA) is 102 Å². The van der Waals surface area contributed by atoms with Crippen LogP contribution < -0.4 is 10.6 Å². The molecule has 1 fully saturated rings. The Bertz CT molecular complexity index is 847. The number of nitrogens with zero attached hydrogens (tertiary/aromatic N) is 4. The molecule has 0 radical (unpaired) electrons. The van der Waals surface area contributed by atoms with Gasteiger partial charge in [0.2, 0.25) is 11.1 Å². The molecule has 0 unspecified atom stereocenters. The molecule has 28 heavy (non-hydrogen) atoms. The van der Waals surface area contributed by atoms with Gasteiger partial charge in [0.1, 0.15) is 0 Å². The molecule has 3 rings (SSSR count). The Morgan fingerprint density at radius 2 is 1.96 bits per heavy atom. The van der Waals surface area contributed by atoms with Gasteiger partial charge in [-0.3, -0.25) is 10.1 Å². The van der Waals surface area contributed by atoms with Crippen molar-refractivity contribution in [1.82, 2.24) is 30.8 Å². The molecular weight excluding hydrogens is 376 g/mol. The van der Waals surface area contributed by atoms with Crippen molar-refractivity contribution < 1.29 is 9.59 Å². The van der Waals surface area contributed by atoms with E-state index in [0.29, 0.717) is 5.16 Å². The number of tetrazole rings is 1. The molecule has 150 valence electrons. The van der Waals surface area contributed by atoms with Crippen LogP contribution in [0.1, 0.15) is 50.2 Å². The first-order valence-electron chi connectivity index (χ1n) is 9.58. The largest absolute Gasteiger partial charge is 0.335 e. The molecule has 1 aromatic heterocycles. The van der Waals surface area contributed by atoms with Gasteiger partial charge in [-0.15, -0.1) is 5.10 Å². The fraction of sp³-hybridized carbons (Fsp3) is 0.526. The minimum absolute atomic E-state index is 0.154. The number of imide groups is 1. The van der Waals surface area contributed by atoms with E-state index in [1.54, 1.807) is 11.6 Å². The van der Waals surface area contributed by atoms with Crippen LogP contribution in [0.2, 0.25) is 0 Å². The van der Waals surface area contributed by atoms with Gasteiger partial charge in [0.15, 0.2) is 0 Å². The molecule has 0 spiro atoms. The fourth-order valence-electron chi connectivity index (χ4n) is 3.34. The van der Waals surface area contributed by atoms with E-state index in [1.165, 1.54) is 18.2 Å². The van der Waals surface area contributed by atoms with E-state index in [0.717, 1.165) is 42.5 Å². The predicted octanol–water partition coefficient (Wildman–Crippen LogP) is 2.92. The summed E-state index contributed by atoms with van der Waals surface area (Å²) in [4.78, 5) is 24.5. The van der Waals surface area contributed by atoms with Gasteiger partial charge in [0.25, 0.3) is 0 Å².